The number of aryl methyl sites for hydroxylation is 2. The van der Waals surface area contributed by atoms with Gasteiger partial charge >= 0.3 is 6.03 Å². The van der Waals surface area contributed by atoms with Gasteiger partial charge in [0.1, 0.15) is 5.82 Å². The molecule has 1 aliphatic rings. The molecular formula is C16H19FN4O2. The van der Waals surface area contributed by atoms with Crippen LogP contribution in [0.15, 0.2) is 24.3 Å². The summed E-state index contributed by atoms with van der Waals surface area (Å²) in [6.45, 7) is 5.24. The van der Waals surface area contributed by atoms with Gasteiger partial charge in [-0.25, -0.2) is 9.18 Å². The number of benzene rings is 1. The van der Waals surface area contributed by atoms with Crippen molar-refractivity contribution in [2.75, 3.05) is 25.1 Å². The lowest BCUT2D eigenvalue weighted by atomic mass is 10.0. The molecule has 7 heteroatoms. The molecule has 1 atom stereocenters. The molecule has 0 spiro atoms. The number of hydrogen-bond acceptors (Lipinski definition) is 3. The Morgan fingerprint density at radius 1 is 1.39 bits per heavy atom. The van der Waals surface area contributed by atoms with Crippen molar-refractivity contribution in [3.63, 3.8) is 0 Å². The molecule has 0 aliphatic carbocycles. The standard InChI is InChI=1S/C16H19FN4O2/c1-10-15(11(2)20-19-10)14-9-23-8-7-21(14)16(22)18-13-5-3-12(17)4-6-13/h3-6,14H,7-9H2,1-2H3,(H,18,22)(H,19,20). The van der Waals surface area contributed by atoms with Crippen LogP contribution in [-0.2, 0) is 4.74 Å². The maximum atomic E-state index is 13.0. The maximum absolute atomic E-state index is 13.0. The average molecular weight is 318 g/mol. The number of nitrogens with one attached hydrogen (secondary N) is 2. The topological polar surface area (TPSA) is 70.2 Å². The third-order valence-electron chi connectivity index (χ3n) is 4.00. The van der Waals surface area contributed by atoms with Crippen LogP contribution in [0.25, 0.3) is 0 Å². The Morgan fingerprint density at radius 2 is 2.13 bits per heavy atom. The van der Waals surface area contributed by atoms with Crippen LogP contribution < -0.4 is 5.32 Å². The minimum atomic E-state index is -0.336. The second-order valence-corrected chi connectivity index (χ2v) is 5.57. The zero-order valence-corrected chi connectivity index (χ0v) is 13.1. The molecule has 6 nitrogen and oxygen atoms in total. The van der Waals surface area contributed by atoms with Gasteiger partial charge < -0.3 is 15.0 Å². The number of carbonyl (C=O) groups is 1. The SMILES string of the molecule is Cc1n[nH]c(C)c1C1COCCN1C(=O)Nc1ccc(F)cc1. The second kappa shape index (κ2) is 6.37. The molecule has 1 aromatic heterocycles. The lowest BCUT2D eigenvalue weighted by molar-refractivity contribution is 0.0143. The summed E-state index contributed by atoms with van der Waals surface area (Å²) < 4.78 is 18.5. The van der Waals surface area contributed by atoms with E-state index in [-0.39, 0.29) is 17.9 Å². The Bertz CT molecular complexity index is 679. The van der Waals surface area contributed by atoms with Gasteiger partial charge in [0.2, 0.25) is 0 Å². The van der Waals surface area contributed by atoms with Crippen LogP contribution in [0.4, 0.5) is 14.9 Å². The van der Waals surface area contributed by atoms with Crippen molar-refractivity contribution >= 4 is 11.7 Å². The number of carbonyl (C=O) groups excluding carboxylic acids is 1. The van der Waals surface area contributed by atoms with Crippen LogP contribution in [0.5, 0.6) is 0 Å². The van der Waals surface area contributed by atoms with E-state index in [4.69, 9.17) is 4.74 Å². The molecule has 0 radical (unpaired) electrons. The highest BCUT2D eigenvalue weighted by molar-refractivity contribution is 5.89. The summed E-state index contributed by atoms with van der Waals surface area (Å²) in [6, 6.07) is 5.29. The van der Waals surface area contributed by atoms with Crippen LogP contribution in [0, 0.1) is 19.7 Å². The first kappa shape index (κ1) is 15.5. The van der Waals surface area contributed by atoms with Gasteiger partial charge in [0.15, 0.2) is 0 Å². The number of nitrogens with zero attached hydrogens (tertiary/aromatic N) is 2. The van der Waals surface area contributed by atoms with Gasteiger partial charge in [0.05, 0.1) is 24.9 Å². The summed E-state index contributed by atoms with van der Waals surface area (Å²) in [6.07, 6.45) is 0. The number of anilines is 1. The Hall–Kier alpha value is -2.41. The molecule has 0 bridgehead atoms. The summed E-state index contributed by atoms with van der Waals surface area (Å²) >= 11 is 0. The monoisotopic (exact) mass is 318 g/mol. The fourth-order valence-corrected chi connectivity index (χ4v) is 2.86. The summed E-state index contributed by atoms with van der Waals surface area (Å²) in [5.74, 6) is -0.336. The molecule has 122 valence electrons. The zero-order chi connectivity index (χ0) is 16.4. The van der Waals surface area contributed by atoms with E-state index in [1.54, 1.807) is 4.90 Å². The molecule has 1 unspecified atom stereocenters. The highest BCUT2D eigenvalue weighted by Crippen LogP contribution is 2.28. The molecule has 1 aromatic carbocycles. The number of aromatic amines is 1. The van der Waals surface area contributed by atoms with Gasteiger partial charge in [-0.3, -0.25) is 5.10 Å². The predicted octanol–water partition coefficient (Wildman–Crippen LogP) is 2.77. The minimum Gasteiger partial charge on any atom is -0.377 e. The van der Waals surface area contributed by atoms with Crippen molar-refractivity contribution in [1.29, 1.82) is 0 Å². The quantitative estimate of drug-likeness (QED) is 0.894. The number of aromatic nitrogens is 2. The summed E-state index contributed by atoms with van der Waals surface area (Å²) in [5.41, 5.74) is 3.33. The van der Waals surface area contributed by atoms with Gasteiger partial charge in [-0.2, -0.15) is 5.10 Å². The van der Waals surface area contributed by atoms with Crippen molar-refractivity contribution in [1.82, 2.24) is 15.1 Å². The van der Waals surface area contributed by atoms with Gasteiger partial charge in [-0.05, 0) is 38.1 Å². The molecule has 2 amide bonds. The number of amides is 2. The summed E-state index contributed by atoms with van der Waals surface area (Å²) in [4.78, 5) is 14.3. The zero-order valence-electron chi connectivity index (χ0n) is 13.1. The molecule has 23 heavy (non-hydrogen) atoms. The normalized spacial score (nSPS) is 18.0. The van der Waals surface area contributed by atoms with Gasteiger partial charge in [0.25, 0.3) is 0 Å². The van der Waals surface area contributed by atoms with Crippen LogP contribution >= 0.6 is 0 Å². The maximum Gasteiger partial charge on any atom is 0.322 e. The van der Waals surface area contributed by atoms with Crippen molar-refractivity contribution in [3.05, 3.63) is 47.0 Å². The third-order valence-corrected chi connectivity index (χ3v) is 4.00. The number of halogens is 1. The van der Waals surface area contributed by atoms with Gasteiger partial charge in [0, 0.05) is 23.5 Å². The Balaban J connectivity index is 1.81. The Morgan fingerprint density at radius 3 is 2.78 bits per heavy atom. The minimum absolute atomic E-state index is 0.192. The summed E-state index contributed by atoms with van der Waals surface area (Å²) in [7, 11) is 0. The largest absolute Gasteiger partial charge is 0.377 e. The third kappa shape index (κ3) is 3.19. The lowest BCUT2D eigenvalue weighted by Gasteiger charge is -2.35. The van der Waals surface area contributed by atoms with Crippen LogP contribution in [0.1, 0.15) is 23.0 Å². The first-order valence-electron chi connectivity index (χ1n) is 7.48. The number of hydrogen-bond donors (Lipinski definition) is 2. The Labute approximate surface area is 133 Å². The highest BCUT2D eigenvalue weighted by Gasteiger charge is 2.31. The number of ether oxygens (including phenoxy) is 1. The Kier molecular flexibility index (Phi) is 4.29. The smallest absolute Gasteiger partial charge is 0.322 e. The molecule has 1 aliphatic heterocycles. The van der Waals surface area contributed by atoms with Crippen molar-refractivity contribution in [3.8, 4) is 0 Å². The first-order valence-corrected chi connectivity index (χ1v) is 7.48. The second-order valence-electron chi connectivity index (χ2n) is 5.57. The van der Waals surface area contributed by atoms with E-state index in [0.717, 1.165) is 17.0 Å². The fraction of sp³-hybridized carbons (Fsp3) is 0.375. The molecule has 1 saturated heterocycles. The number of H-pyrrole nitrogens is 1. The van der Waals surface area contributed by atoms with Crippen molar-refractivity contribution in [2.45, 2.75) is 19.9 Å². The molecule has 3 rings (SSSR count). The highest BCUT2D eigenvalue weighted by atomic mass is 19.1. The van der Waals surface area contributed by atoms with E-state index in [2.05, 4.69) is 15.5 Å². The van der Waals surface area contributed by atoms with E-state index in [9.17, 15) is 9.18 Å². The van der Waals surface area contributed by atoms with Gasteiger partial charge in [-0.15, -0.1) is 0 Å². The van der Waals surface area contributed by atoms with E-state index in [1.165, 1.54) is 24.3 Å². The van der Waals surface area contributed by atoms with Crippen molar-refractivity contribution in [2.24, 2.45) is 0 Å². The first-order chi connectivity index (χ1) is 11.1. The molecule has 0 saturated carbocycles. The van der Waals surface area contributed by atoms with Crippen LogP contribution in [-0.4, -0.2) is 40.9 Å². The predicted molar refractivity (Wildman–Crippen MR) is 83.7 cm³/mol. The van der Waals surface area contributed by atoms with Crippen molar-refractivity contribution < 1.29 is 13.9 Å². The van der Waals surface area contributed by atoms with Crippen LogP contribution in [0.3, 0.4) is 0 Å². The molecule has 2 N–H and O–H groups in total. The summed E-state index contributed by atoms with van der Waals surface area (Å²) in [5, 5.41) is 9.95. The molecule has 2 heterocycles. The number of morpholine rings is 1. The number of urea groups is 1. The van der Waals surface area contributed by atoms with Gasteiger partial charge in [-0.1, -0.05) is 0 Å². The average Bonchev–Trinajstić information content (AvgIpc) is 2.88. The van der Waals surface area contributed by atoms with Crippen LogP contribution in [0.2, 0.25) is 0 Å². The number of rotatable bonds is 2. The van der Waals surface area contributed by atoms with E-state index >= 15 is 0 Å². The molecule has 1 fully saturated rings. The lowest BCUT2D eigenvalue weighted by Crippen LogP contribution is -2.45. The fourth-order valence-electron chi connectivity index (χ4n) is 2.86. The van der Waals surface area contributed by atoms with E-state index in [1.807, 2.05) is 13.8 Å². The van der Waals surface area contributed by atoms with E-state index < -0.39 is 0 Å². The van der Waals surface area contributed by atoms with E-state index in [0.29, 0.717) is 25.4 Å². The molecule has 2 aromatic rings. The molecular weight excluding hydrogens is 299 g/mol.